The zero-order chi connectivity index (χ0) is 41.5. The quantitative estimate of drug-likeness (QED) is 0.0863. The molecule has 0 bridgehead atoms. The predicted octanol–water partition coefficient (Wildman–Crippen LogP) is 5.03. The number of nitrogens with two attached hydrogens (primary N) is 1. The van der Waals surface area contributed by atoms with E-state index >= 15 is 0 Å². The van der Waals surface area contributed by atoms with Crippen LogP contribution in [0.2, 0.25) is 0 Å². The van der Waals surface area contributed by atoms with Gasteiger partial charge in [-0.3, -0.25) is 19.2 Å². The van der Waals surface area contributed by atoms with Gasteiger partial charge in [0.25, 0.3) is 0 Å². The molecule has 13 nitrogen and oxygen atoms in total. The average Bonchev–Trinajstić information content (AvgIpc) is 3.49. The molecule has 0 spiro atoms. The summed E-state index contributed by atoms with van der Waals surface area (Å²) in [6.07, 6.45) is 5.45. The first kappa shape index (κ1) is 47.4. The Labute approximate surface area is 332 Å². The van der Waals surface area contributed by atoms with Gasteiger partial charge in [-0.1, -0.05) is 66.7 Å². The van der Waals surface area contributed by atoms with Gasteiger partial charge in [0.1, 0.15) is 23.7 Å². The summed E-state index contributed by atoms with van der Waals surface area (Å²) in [5, 5.41) is 15.7. The van der Waals surface area contributed by atoms with Crippen molar-refractivity contribution in [1.29, 1.82) is 0 Å². The van der Waals surface area contributed by atoms with Gasteiger partial charge in [0.2, 0.25) is 23.6 Å². The van der Waals surface area contributed by atoms with E-state index in [1.54, 1.807) is 53.3 Å². The summed E-state index contributed by atoms with van der Waals surface area (Å²) in [4.78, 5) is 70.0. The normalized spacial score (nSPS) is 15.2. The van der Waals surface area contributed by atoms with Crippen LogP contribution in [0.3, 0.4) is 0 Å². The molecule has 310 valence electrons. The van der Waals surface area contributed by atoms with Gasteiger partial charge in [0, 0.05) is 41.6 Å². The van der Waals surface area contributed by atoms with Crippen LogP contribution in [0.15, 0.2) is 30.5 Å². The van der Waals surface area contributed by atoms with E-state index in [2.05, 4.69) is 31.6 Å². The van der Waals surface area contributed by atoms with Crippen LogP contribution in [0.5, 0.6) is 0 Å². The molecule has 0 radical (unpaired) electrons. The second kappa shape index (κ2) is 22.7. The molecule has 1 aromatic heterocycles. The minimum Gasteiger partial charge on any atom is -0.444 e. The zero-order valence-electron chi connectivity index (χ0n) is 35.0. The Morgan fingerprint density at radius 1 is 0.800 bits per heavy atom. The summed E-state index contributed by atoms with van der Waals surface area (Å²) in [5.41, 5.74) is 8.15. The predicted molar refractivity (Wildman–Crippen MR) is 222 cm³/mol. The third kappa shape index (κ3) is 16.9. The highest BCUT2D eigenvalue weighted by molar-refractivity contribution is 7.98. The van der Waals surface area contributed by atoms with Crippen LogP contribution in [0.1, 0.15) is 100 Å². The number of hydrogen-bond donors (Lipinski definition) is 7. The number of hydrogen-bond acceptors (Lipinski definition) is 8. The van der Waals surface area contributed by atoms with Gasteiger partial charge in [-0.25, -0.2) is 4.79 Å². The molecule has 0 aliphatic rings. The van der Waals surface area contributed by atoms with Gasteiger partial charge in [-0.2, -0.15) is 11.8 Å². The van der Waals surface area contributed by atoms with Crippen LogP contribution < -0.4 is 32.3 Å². The molecule has 2 aromatic rings. The molecular formula is C41H69N7O6S. The molecule has 1 aromatic carbocycles. The van der Waals surface area contributed by atoms with Crippen LogP contribution in [0, 0.1) is 23.7 Å². The fraction of sp³-hybridized carbons (Fsp3) is 0.683. The summed E-state index contributed by atoms with van der Waals surface area (Å²) >= 11 is 1.55. The number of H-pyrrole nitrogens is 1. The topological polar surface area (TPSA) is 197 Å². The van der Waals surface area contributed by atoms with E-state index in [1.807, 2.05) is 64.4 Å². The smallest absolute Gasteiger partial charge is 0.408 e. The Morgan fingerprint density at radius 3 is 2.04 bits per heavy atom. The maximum atomic E-state index is 13.8. The van der Waals surface area contributed by atoms with Crippen molar-refractivity contribution >= 4 is 52.4 Å². The first-order valence-corrected chi connectivity index (χ1v) is 21.1. The number of carbonyl (C=O) groups excluding carboxylic acids is 5. The van der Waals surface area contributed by atoms with Crippen molar-refractivity contribution in [2.24, 2.45) is 29.4 Å². The maximum absolute atomic E-state index is 13.8. The lowest BCUT2D eigenvalue weighted by atomic mass is 9.90. The van der Waals surface area contributed by atoms with Gasteiger partial charge in [0.05, 0.1) is 0 Å². The molecule has 0 saturated heterocycles. The molecule has 55 heavy (non-hydrogen) atoms. The summed E-state index contributed by atoms with van der Waals surface area (Å²) in [7, 11) is 0. The van der Waals surface area contributed by atoms with Crippen molar-refractivity contribution in [3.63, 3.8) is 0 Å². The zero-order valence-corrected chi connectivity index (χ0v) is 35.8. The summed E-state index contributed by atoms with van der Waals surface area (Å²) < 4.78 is 5.36. The minimum absolute atomic E-state index is 0.163. The number of carbonyl (C=O) groups is 5. The van der Waals surface area contributed by atoms with E-state index in [4.69, 9.17) is 10.5 Å². The lowest BCUT2D eigenvalue weighted by molar-refractivity contribution is -0.131. The SMILES string of the molecule is CSCC[C@H](NC(=O)[C@@H](NC(=O)OC(C)(C)C)C(C)C)C(=O)N[C@@H](CC(C)C)[C@@H](N)C[C@@H](C)C(=O)N[C@@H](CC(C)C)C(=O)NCCc1c[nH]c2ccccc12. The molecule has 6 atom stereocenters. The Bertz CT molecular complexity index is 1540. The van der Waals surface area contributed by atoms with Crippen molar-refractivity contribution in [2.75, 3.05) is 18.6 Å². The minimum atomic E-state index is -0.923. The van der Waals surface area contributed by atoms with Gasteiger partial charge in [0.15, 0.2) is 0 Å². The summed E-state index contributed by atoms with van der Waals surface area (Å²) in [5.74, 6) is -1.28. The molecule has 5 amide bonds. The first-order chi connectivity index (χ1) is 25.7. The Balaban J connectivity index is 2.09. The molecule has 1 heterocycles. The van der Waals surface area contributed by atoms with Gasteiger partial charge in [-0.05, 0) is 94.3 Å². The van der Waals surface area contributed by atoms with Gasteiger partial charge in [-0.15, -0.1) is 0 Å². The highest BCUT2D eigenvalue weighted by Gasteiger charge is 2.33. The van der Waals surface area contributed by atoms with Crippen molar-refractivity contribution in [3.8, 4) is 0 Å². The van der Waals surface area contributed by atoms with Gasteiger partial charge >= 0.3 is 6.09 Å². The second-order valence-electron chi connectivity index (χ2n) is 16.8. The third-order valence-corrected chi connectivity index (χ3v) is 9.86. The number of ether oxygens (including phenoxy) is 1. The number of aromatic amines is 1. The molecule has 0 saturated carbocycles. The third-order valence-electron chi connectivity index (χ3n) is 9.22. The summed E-state index contributed by atoms with van der Waals surface area (Å²) in [6.45, 7) is 19.1. The second-order valence-corrected chi connectivity index (χ2v) is 17.8. The first-order valence-electron chi connectivity index (χ1n) is 19.7. The molecule has 8 N–H and O–H groups in total. The van der Waals surface area contributed by atoms with Crippen molar-refractivity contribution < 1.29 is 28.7 Å². The number of rotatable bonds is 22. The molecule has 0 fully saturated rings. The van der Waals surface area contributed by atoms with Crippen LogP contribution in [0.25, 0.3) is 10.9 Å². The van der Waals surface area contributed by atoms with Crippen molar-refractivity contribution in [1.82, 2.24) is 31.6 Å². The number of amides is 5. The van der Waals surface area contributed by atoms with E-state index in [9.17, 15) is 24.0 Å². The van der Waals surface area contributed by atoms with E-state index < -0.39 is 53.7 Å². The fourth-order valence-corrected chi connectivity index (χ4v) is 6.82. The van der Waals surface area contributed by atoms with Crippen LogP contribution in [0.4, 0.5) is 4.79 Å². The Hall–Kier alpha value is -3.78. The molecule has 0 unspecified atom stereocenters. The molecule has 14 heteroatoms. The lowest BCUT2D eigenvalue weighted by Gasteiger charge is -2.31. The van der Waals surface area contributed by atoms with E-state index in [0.717, 1.165) is 16.5 Å². The molecule has 0 aliphatic heterocycles. The Morgan fingerprint density at radius 2 is 1.44 bits per heavy atom. The number of alkyl carbamates (subject to hydrolysis) is 1. The lowest BCUT2D eigenvalue weighted by Crippen LogP contribution is -2.58. The molecule has 2 rings (SSSR count). The van der Waals surface area contributed by atoms with E-state index in [0.29, 0.717) is 38.0 Å². The number of thioether (sulfide) groups is 1. The number of aromatic nitrogens is 1. The van der Waals surface area contributed by atoms with Gasteiger partial charge < -0.3 is 42.0 Å². The monoisotopic (exact) mass is 788 g/mol. The van der Waals surface area contributed by atoms with Crippen molar-refractivity contribution in [2.45, 2.75) is 137 Å². The number of fused-ring (bicyclic) bond motifs is 1. The molecular weight excluding hydrogens is 719 g/mol. The number of benzene rings is 1. The average molecular weight is 788 g/mol. The van der Waals surface area contributed by atoms with E-state index in [1.165, 1.54) is 0 Å². The fourth-order valence-electron chi connectivity index (χ4n) is 6.35. The summed E-state index contributed by atoms with van der Waals surface area (Å²) in [6, 6.07) is 4.44. The number of nitrogens with one attached hydrogen (secondary N) is 6. The maximum Gasteiger partial charge on any atom is 0.408 e. The van der Waals surface area contributed by atoms with Crippen molar-refractivity contribution in [3.05, 3.63) is 36.0 Å². The highest BCUT2D eigenvalue weighted by Crippen LogP contribution is 2.19. The number of para-hydroxylation sites is 1. The van der Waals surface area contributed by atoms with E-state index in [-0.39, 0.29) is 41.9 Å². The van der Waals surface area contributed by atoms with Crippen LogP contribution in [-0.2, 0) is 30.3 Å². The molecule has 0 aliphatic carbocycles. The Kier molecular flexibility index (Phi) is 19.5. The standard InChI is InChI=1S/C41H69N7O6S/c1-24(2)20-33(46-38(51)32(17-19-55-11)45-39(52)35(26(5)6)48-40(53)54-41(8,9)10)30(42)22-27(7)36(49)47-34(21-25(3)4)37(50)43-18-16-28-23-44-31-15-13-12-14-29(28)31/h12-15,23-27,30,32-35,44H,16-22,42H2,1-11H3,(H,43,50)(H,45,52)(H,46,51)(H,47,49)(H,48,53)/t27-,30+,32+,33+,34+,35+/m1/s1. The van der Waals surface area contributed by atoms with Crippen LogP contribution >= 0.6 is 11.8 Å². The highest BCUT2D eigenvalue weighted by atomic mass is 32.2. The largest absolute Gasteiger partial charge is 0.444 e. The van der Waals surface area contributed by atoms with Crippen LogP contribution in [-0.4, -0.2) is 89.1 Å².